The van der Waals surface area contributed by atoms with Gasteiger partial charge in [-0.05, 0) is 30.7 Å². The average molecular weight is 260 g/mol. The minimum absolute atomic E-state index is 0.105. The second-order valence-corrected chi connectivity index (χ2v) is 4.19. The molecule has 4 nitrogen and oxygen atoms in total. The first-order valence-corrected chi connectivity index (χ1v) is 6.46. The van der Waals surface area contributed by atoms with Gasteiger partial charge in [-0.1, -0.05) is 19.4 Å². The Bertz CT molecular complexity index is 438. The van der Waals surface area contributed by atoms with Crippen LogP contribution in [0.5, 0.6) is 0 Å². The quantitative estimate of drug-likeness (QED) is 0.583. The molecule has 0 radical (unpaired) electrons. The van der Waals surface area contributed by atoms with Crippen molar-refractivity contribution in [3.8, 4) is 0 Å². The van der Waals surface area contributed by atoms with Gasteiger partial charge in [0.25, 0.3) is 11.8 Å². The van der Waals surface area contributed by atoms with Gasteiger partial charge in [0, 0.05) is 24.2 Å². The molecule has 0 saturated carbocycles. The molecule has 0 bridgehead atoms. The normalized spacial score (nSPS) is 9.74. The topological polar surface area (TPSA) is 58.2 Å². The Hall–Kier alpha value is -2.10. The van der Waals surface area contributed by atoms with Crippen LogP contribution in [0.15, 0.2) is 36.9 Å². The zero-order valence-electron chi connectivity index (χ0n) is 11.2. The number of unbranched alkanes of at least 4 members (excludes halogenated alkanes) is 1. The van der Waals surface area contributed by atoms with Crippen LogP contribution in [0.1, 0.15) is 40.5 Å². The minimum Gasteiger partial charge on any atom is -0.352 e. The fourth-order valence-corrected chi connectivity index (χ4v) is 1.52. The molecule has 0 spiro atoms. The number of rotatable bonds is 7. The molecule has 0 saturated heterocycles. The first-order chi connectivity index (χ1) is 9.19. The Morgan fingerprint density at radius 1 is 1.11 bits per heavy atom. The van der Waals surface area contributed by atoms with Crippen LogP contribution in [-0.2, 0) is 0 Å². The highest BCUT2D eigenvalue weighted by Crippen LogP contribution is 2.04. The molecule has 1 aromatic rings. The van der Waals surface area contributed by atoms with Crippen molar-refractivity contribution in [3.63, 3.8) is 0 Å². The number of carbonyl (C=O) groups is 2. The van der Waals surface area contributed by atoms with Crippen molar-refractivity contribution in [1.82, 2.24) is 10.6 Å². The standard InChI is InChI=1S/C15H20N2O2/c1-3-5-11-17-15(19)13-8-6-12(7-9-13)14(18)16-10-4-2/h4,6-9H,2-3,5,10-11H2,1H3,(H,16,18)(H,17,19). The van der Waals surface area contributed by atoms with Gasteiger partial charge in [-0.2, -0.15) is 0 Å². The van der Waals surface area contributed by atoms with E-state index in [1.54, 1.807) is 30.3 Å². The van der Waals surface area contributed by atoms with E-state index in [-0.39, 0.29) is 11.8 Å². The van der Waals surface area contributed by atoms with Crippen molar-refractivity contribution < 1.29 is 9.59 Å². The summed E-state index contributed by atoms with van der Waals surface area (Å²) in [5.41, 5.74) is 1.10. The molecule has 102 valence electrons. The van der Waals surface area contributed by atoms with Crippen LogP contribution in [-0.4, -0.2) is 24.9 Å². The summed E-state index contributed by atoms with van der Waals surface area (Å²) in [6.07, 6.45) is 3.63. The van der Waals surface area contributed by atoms with Gasteiger partial charge in [-0.15, -0.1) is 6.58 Å². The SMILES string of the molecule is C=CCNC(=O)c1ccc(C(=O)NCCCC)cc1. The van der Waals surface area contributed by atoms with Gasteiger partial charge >= 0.3 is 0 Å². The Morgan fingerprint density at radius 3 is 2.11 bits per heavy atom. The van der Waals surface area contributed by atoms with Gasteiger partial charge < -0.3 is 10.6 Å². The molecule has 2 N–H and O–H groups in total. The lowest BCUT2D eigenvalue weighted by molar-refractivity contribution is 0.0943. The number of amides is 2. The monoisotopic (exact) mass is 260 g/mol. The fourth-order valence-electron chi connectivity index (χ4n) is 1.52. The van der Waals surface area contributed by atoms with Gasteiger partial charge in [0.2, 0.25) is 0 Å². The first kappa shape index (κ1) is 15.0. The summed E-state index contributed by atoms with van der Waals surface area (Å²) in [6, 6.07) is 6.61. The molecule has 1 aromatic carbocycles. The van der Waals surface area contributed by atoms with Gasteiger partial charge in [-0.3, -0.25) is 9.59 Å². The summed E-state index contributed by atoms with van der Waals surface area (Å²) in [7, 11) is 0. The lowest BCUT2D eigenvalue weighted by Crippen LogP contribution is -2.25. The molecule has 0 atom stereocenters. The zero-order valence-corrected chi connectivity index (χ0v) is 11.2. The Balaban J connectivity index is 2.57. The van der Waals surface area contributed by atoms with Crippen LogP contribution in [0.25, 0.3) is 0 Å². The molecule has 0 heterocycles. The summed E-state index contributed by atoms with van der Waals surface area (Å²) in [6.45, 7) is 6.71. The van der Waals surface area contributed by atoms with Crippen molar-refractivity contribution in [2.24, 2.45) is 0 Å². The molecule has 0 aliphatic carbocycles. The highest BCUT2D eigenvalue weighted by Gasteiger charge is 2.07. The second-order valence-electron chi connectivity index (χ2n) is 4.19. The Morgan fingerprint density at radius 2 is 1.63 bits per heavy atom. The largest absolute Gasteiger partial charge is 0.352 e. The van der Waals surface area contributed by atoms with Gasteiger partial charge in [-0.25, -0.2) is 0 Å². The van der Waals surface area contributed by atoms with Crippen molar-refractivity contribution in [1.29, 1.82) is 0 Å². The Labute approximate surface area is 113 Å². The van der Waals surface area contributed by atoms with Crippen LogP contribution >= 0.6 is 0 Å². The van der Waals surface area contributed by atoms with Crippen molar-refractivity contribution >= 4 is 11.8 Å². The van der Waals surface area contributed by atoms with Crippen LogP contribution in [0.4, 0.5) is 0 Å². The smallest absolute Gasteiger partial charge is 0.251 e. The van der Waals surface area contributed by atoms with Crippen LogP contribution < -0.4 is 10.6 Å². The summed E-state index contributed by atoms with van der Waals surface area (Å²) >= 11 is 0. The third kappa shape index (κ3) is 4.95. The van der Waals surface area contributed by atoms with Crippen LogP contribution in [0.3, 0.4) is 0 Å². The fraction of sp³-hybridized carbons (Fsp3) is 0.333. The second kappa shape index (κ2) is 8.08. The average Bonchev–Trinajstić information content (AvgIpc) is 2.45. The molecular weight excluding hydrogens is 240 g/mol. The maximum Gasteiger partial charge on any atom is 0.251 e. The minimum atomic E-state index is -0.169. The van der Waals surface area contributed by atoms with E-state index >= 15 is 0 Å². The lowest BCUT2D eigenvalue weighted by Gasteiger charge is -2.06. The van der Waals surface area contributed by atoms with Crippen LogP contribution in [0.2, 0.25) is 0 Å². The van der Waals surface area contributed by atoms with E-state index < -0.39 is 0 Å². The summed E-state index contributed by atoms with van der Waals surface area (Å²) in [5, 5.41) is 5.51. The maximum atomic E-state index is 11.7. The predicted octanol–water partition coefficient (Wildman–Crippen LogP) is 2.13. The van der Waals surface area contributed by atoms with E-state index in [2.05, 4.69) is 24.1 Å². The molecule has 0 aromatic heterocycles. The van der Waals surface area contributed by atoms with E-state index in [9.17, 15) is 9.59 Å². The zero-order chi connectivity index (χ0) is 14.1. The maximum absolute atomic E-state index is 11.7. The number of nitrogens with one attached hydrogen (secondary N) is 2. The molecule has 19 heavy (non-hydrogen) atoms. The van der Waals surface area contributed by atoms with Gasteiger partial charge in [0.05, 0.1) is 0 Å². The number of carbonyl (C=O) groups excluding carboxylic acids is 2. The van der Waals surface area contributed by atoms with E-state index in [0.29, 0.717) is 24.2 Å². The molecular formula is C15H20N2O2. The summed E-state index contributed by atoms with van der Waals surface area (Å²) in [5.74, 6) is -0.274. The van der Waals surface area contributed by atoms with E-state index in [4.69, 9.17) is 0 Å². The molecule has 2 amide bonds. The third-order valence-corrected chi connectivity index (χ3v) is 2.63. The molecule has 0 unspecified atom stereocenters. The molecule has 0 aliphatic heterocycles. The van der Waals surface area contributed by atoms with Gasteiger partial charge in [0.1, 0.15) is 0 Å². The van der Waals surface area contributed by atoms with Gasteiger partial charge in [0.15, 0.2) is 0 Å². The van der Waals surface area contributed by atoms with E-state index in [0.717, 1.165) is 12.8 Å². The number of hydrogen-bond donors (Lipinski definition) is 2. The van der Waals surface area contributed by atoms with Crippen molar-refractivity contribution in [2.45, 2.75) is 19.8 Å². The Kier molecular flexibility index (Phi) is 6.36. The van der Waals surface area contributed by atoms with Crippen LogP contribution in [0, 0.1) is 0 Å². The highest BCUT2D eigenvalue weighted by molar-refractivity contribution is 5.97. The highest BCUT2D eigenvalue weighted by atomic mass is 16.2. The third-order valence-electron chi connectivity index (χ3n) is 2.63. The number of hydrogen-bond acceptors (Lipinski definition) is 2. The molecule has 0 aliphatic rings. The van der Waals surface area contributed by atoms with E-state index in [1.807, 2.05) is 0 Å². The predicted molar refractivity (Wildman–Crippen MR) is 76.2 cm³/mol. The summed E-state index contributed by atoms with van der Waals surface area (Å²) in [4.78, 5) is 23.4. The first-order valence-electron chi connectivity index (χ1n) is 6.46. The molecule has 4 heteroatoms. The molecule has 1 rings (SSSR count). The number of benzene rings is 1. The van der Waals surface area contributed by atoms with Crippen molar-refractivity contribution in [3.05, 3.63) is 48.0 Å². The van der Waals surface area contributed by atoms with E-state index in [1.165, 1.54) is 0 Å². The summed E-state index contributed by atoms with van der Waals surface area (Å²) < 4.78 is 0. The van der Waals surface area contributed by atoms with Crippen molar-refractivity contribution in [2.75, 3.05) is 13.1 Å². The molecule has 0 fully saturated rings. The lowest BCUT2D eigenvalue weighted by atomic mass is 10.1.